The molecule has 0 radical (unpaired) electrons. The third-order valence-electron chi connectivity index (χ3n) is 2.57. The minimum absolute atomic E-state index is 0.143. The molecule has 0 spiro atoms. The van der Waals surface area contributed by atoms with Crippen molar-refractivity contribution < 1.29 is 12.8 Å². The summed E-state index contributed by atoms with van der Waals surface area (Å²) in [6, 6.07) is 4.19. The van der Waals surface area contributed by atoms with E-state index in [0.717, 1.165) is 0 Å². The molecule has 2 rings (SSSR count). The summed E-state index contributed by atoms with van der Waals surface area (Å²) in [5.41, 5.74) is 0.263. The van der Waals surface area contributed by atoms with Gasteiger partial charge >= 0.3 is 0 Å². The van der Waals surface area contributed by atoms with Gasteiger partial charge in [-0.1, -0.05) is 24.6 Å². The molecule has 0 fully saturated rings. The molecule has 0 amide bonds. The van der Waals surface area contributed by atoms with E-state index in [4.69, 9.17) is 22.3 Å². The Kier molecular flexibility index (Phi) is 4.31. The van der Waals surface area contributed by atoms with Crippen molar-refractivity contribution >= 4 is 31.3 Å². The monoisotopic (exact) mass is 337 g/mol. The van der Waals surface area contributed by atoms with Crippen LogP contribution in [0.2, 0.25) is 5.02 Å². The van der Waals surface area contributed by atoms with Crippen LogP contribution in [0.4, 0.5) is 4.39 Å². The highest BCUT2D eigenvalue weighted by atomic mass is 35.7. The molecule has 0 N–H and O–H groups in total. The molecule has 0 aliphatic rings. The van der Waals surface area contributed by atoms with Gasteiger partial charge in [-0.25, -0.2) is 12.8 Å². The van der Waals surface area contributed by atoms with Crippen LogP contribution in [-0.4, -0.2) is 23.2 Å². The smallest absolute Gasteiger partial charge is 0.296 e. The molecular formula is C11H10Cl2FN3O2S. The molecule has 0 saturated heterocycles. The molecule has 1 heterocycles. The Hall–Kier alpha value is -1.18. The lowest BCUT2D eigenvalue weighted by Crippen LogP contribution is -2.08. The number of hydrogen-bond acceptors (Lipinski definition) is 4. The Bertz CT molecular complexity index is 746. The van der Waals surface area contributed by atoms with Gasteiger partial charge in [0.1, 0.15) is 5.82 Å². The maximum atomic E-state index is 13.5. The summed E-state index contributed by atoms with van der Waals surface area (Å²) in [6.45, 7) is 2.16. The van der Waals surface area contributed by atoms with Crippen molar-refractivity contribution in [1.82, 2.24) is 14.8 Å². The Morgan fingerprint density at radius 2 is 2.05 bits per heavy atom. The number of halogens is 3. The molecule has 0 unspecified atom stereocenters. The second-order valence-corrected chi connectivity index (χ2v) is 6.83. The van der Waals surface area contributed by atoms with E-state index in [2.05, 4.69) is 10.2 Å². The first-order valence-electron chi connectivity index (χ1n) is 5.68. The van der Waals surface area contributed by atoms with Crippen molar-refractivity contribution in [2.45, 2.75) is 25.0 Å². The van der Waals surface area contributed by atoms with E-state index in [1.165, 1.54) is 22.8 Å². The van der Waals surface area contributed by atoms with Crippen LogP contribution in [0.25, 0.3) is 11.4 Å². The van der Waals surface area contributed by atoms with E-state index in [1.807, 2.05) is 6.92 Å². The van der Waals surface area contributed by atoms with Gasteiger partial charge in [-0.15, -0.1) is 10.2 Å². The van der Waals surface area contributed by atoms with E-state index in [9.17, 15) is 12.8 Å². The summed E-state index contributed by atoms with van der Waals surface area (Å²) >= 11 is 5.88. The molecule has 0 saturated carbocycles. The maximum Gasteiger partial charge on any atom is 0.296 e. The SMILES string of the molecule is CCCn1c(-c2cccc(F)c2Cl)nnc1S(=O)(=O)Cl. The lowest BCUT2D eigenvalue weighted by Gasteiger charge is -2.08. The van der Waals surface area contributed by atoms with Crippen LogP contribution >= 0.6 is 22.3 Å². The van der Waals surface area contributed by atoms with Crippen molar-refractivity contribution in [2.75, 3.05) is 0 Å². The van der Waals surface area contributed by atoms with Crippen molar-refractivity contribution in [2.24, 2.45) is 0 Å². The lowest BCUT2D eigenvalue weighted by atomic mass is 10.2. The van der Waals surface area contributed by atoms with Gasteiger partial charge in [0, 0.05) is 22.8 Å². The van der Waals surface area contributed by atoms with Gasteiger partial charge in [0.2, 0.25) is 0 Å². The minimum atomic E-state index is -4.04. The fraction of sp³-hybridized carbons (Fsp3) is 0.273. The molecule has 0 aliphatic heterocycles. The molecule has 108 valence electrons. The van der Waals surface area contributed by atoms with E-state index in [-0.39, 0.29) is 21.6 Å². The predicted molar refractivity (Wildman–Crippen MR) is 73.8 cm³/mol. The second kappa shape index (κ2) is 5.67. The average Bonchev–Trinajstić information content (AvgIpc) is 2.77. The number of benzene rings is 1. The molecule has 0 bridgehead atoms. The summed E-state index contributed by atoms with van der Waals surface area (Å²) in [4.78, 5) is 0. The zero-order valence-corrected chi connectivity index (χ0v) is 12.7. The van der Waals surface area contributed by atoms with Crippen LogP contribution in [0, 0.1) is 5.82 Å². The third-order valence-corrected chi connectivity index (χ3v) is 4.11. The van der Waals surface area contributed by atoms with E-state index < -0.39 is 14.9 Å². The van der Waals surface area contributed by atoms with Crippen LogP contribution in [0.1, 0.15) is 13.3 Å². The zero-order valence-electron chi connectivity index (χ0n) is 10.3. The molecule has 0 aliphatic carbocycles. The Morgan fingerprint density at radius 3 is 2.65 bits per heavy atom. The maximum absolute atomic E-state index is 13.5. The Labute approximate surface area is 124 Å². The first-order chi connectivity index (χ1) is 9.36. The minimum Gasteiger partial charge on any atom is -0.297 e. The van der Waals surface area contributed by atoms with Gasteiger partial charge in [0.05, 0.1) is 5.02 Å². The van der Waals surface area contributed by atoms with Gasteiger partial charge in [-0.05, 0) is 18.6 Å². The lowest BCUT2D eigenvalue weighted by molar-refractivity contribution is 0.569. The topological polar surface area (TPSA) is 64.8 Å². The number of aromatic nitrogens is 3. The molecule has 9 heteroatoms. The Morgan fingerprint density at radius 1 is 1.35 bits per heavy atom. The van der Waals surface area contributed by atoms with E-state index >= 15 is 0 Å². The standard InChI is InChI=1S/C11H10Cl2FN3O2S/c1-2-6-17-10(15-16-11(17)20(13,18)19)7-4-3-5-8(14)9(7)12/h3-5H,2,6H2,1H3. The van der Waals surface area contributed by atoms with Gasteiger partial charge in [0.15, 0.2) is 5.82 Å². The molecule has 2 aromatic rings. The van der Waals surface area contributed by atoms with E-state index in [0.29, 0.717) is 13.0 Å². The molecule has 1 aromatic heterocycles. The average molecular weight is 338 g/mol. The fourth-order valence-corrected chi connectivity index (χ4v) is 2.90. The molecule has 5 nitrogen and oxygen atoms in total. The normalized spacial score (nSPS) is 11.8. The zero-order chi connectivity index (χ0) is 14.9. The van der Waals surface area contributed by atoms with Crippen molar-refractivity contribution in [3.05, 3.63) is 29.0 Å². The summed E-state index contributed by atoms with van der Waals surface area (Å²) in [7, 11) is 1.27. The number of nitrogens with zero attached hydrogens (tertiary/aromatic N) is 3. The predicted octanol–water partition coefficient (Wildman–Crippen LogP) is 3.08. The van der Waals surface area contributed by atoms with Gasteiger partial charge in [-0.3, -0.25) is 4.57 Å². The first-order valence-corrected chi connectivity index (χ1v) is 8.37. The highest BCUT2D eigenvalue weighted by molar-refractivity contribution is 8.13. The highest BCUT2D eigenvalue weighted by Gasteiger charge is 2.24. The summed E-state index contributed by atoms with van der Waals surface area (Å²) in [6.07, 6.45) is 0.622. The molecule has 20 heavy (non-hydrogen) atoms. The van der Waals surface area contributed by atoms with Crippen LogP contribution in [-0.2, 0) is 15.6 Å². The third kappa shape index (κ3) is 2.79. The molecule has 1 aromatic carbocycles. The van der Waals surface area contributed by atoms with Crippen molar-refractivity contribution in [3.63, 3.8) is 0 Å². The van der Waals surface area contributed by atoms with Crippen LogP contribution in [0.3, 0.4) is 0 Å². The largest absolute Gasteiger partial charge is 0.297 e. The fourth-order valence-electron chi connectivity index (χ4n) is 1.77. The second-order valence-electron chi connectivity index (χ2n) is 4.00. The molecular weight excluding hydrogens is 328 g/mol. The quantitative estimate of drug-likeness (QED) is 0.804. The van der Waals surface area contributed by atoms with Crippen LogP contribution < -0.4 is 0 Å². The van der Waals surface area contributed by atoms with E-state index in [1.54, 1.807) is 0 Å². The van der Waals surface area contributed by atoms with Crippen LogP contribution in [0.5, 0.6) is 0 Å². The first kappa shape index (κ1) is 15.2. The Balaban J connectivity index is 2.69. The van der Waals surface area contributed by atoms with Crippen LogP contribution in [0.15, 0.2) is 23.4 Å². The van der Waals surface area contributed by atoms with Gasteiger partial charge < -0.3 is 0 Å². The highest BCUT2D eigenvalue weighted by Crippen LogP contribution is 2.30. The number of rotatable bonds is 4. The van der Waals surface area contributed by atoms with Crippen molar-refractivity contribution in [3.8, 4) is 11.4 Å². The number of hydrogen-bond donors (Lipinski definition) is 0. The summed E-state index contributed by atoms with van der Waals surface area (Å²) in [5.74, 6) is -0.457. The van der Waals surface area contributed by atoms with Gasteiger partial charge in [0.25, 0.3) is 14.2 Å². The molecule has 0 atom stereocenters. The summed E-state index contributed by atoms with van der Waals surface area (Å²) in [5, 5.41) is 6.82. The van der Waals surface area contributed by atoms with Gasteiger partial charge in [-0.2, -0.15) is 0 Å². The van der Waals surface area contributed by atoms with Crippen molar-refractivity contribution in [1.29, 1.82) is 0 Å². The summed E-state index contributed by atoms with van der Waals surface area (Å²) < 4.78 is 37.7.